The van der Waals surface area contributed by atoms with Crippen molar-refractivity contribution in [3.8, 4) is 0 Å². The van der Waals surface area contributed by atoms with E-state index in [0.717, 1.165) is 30.8 Å². The summed E-state index contributed by atoms with van der Waals surface area (Å²) in [5.41, 5.74) is 8.73. The second-order valence-electron chi connectivity index (χ2n) is 5.57. The molecule has 4 nitrogen and oxygen atoms in total. The number of anilines is 1. The van der Waals surface area contributed by atoms with E-state index in [1.807, 2.05) is 13.0 Å². The number of hydrogen-bond acceptors (Lipinski definition) is 3. The molecule has 1 heterocycles. The van der Waals surface area contributed by atoms with Crippen LogP contribution in [0.3, 0.4) is 0 Å². The molecule has 1 fully saturated rings. The zero-order valence-corrected chi connectivity index (χ0v) is 12.1. The molecular weight excluding hydrogens is 236 g/mol. The predicted octanol–water partition coefficient (Wildman–Crippen LogP) is 1.81. The topological polar surface area (TPSA) is 56.4 Å². The van der Waals surface area contributed by atoms with Crippen LogP contribution in [0.4, 0.5) is 5.69 Å². The van der Waals surface area contributed by atoms with Crippen LogP contribution in [0, 0.1) is 12.3 Å². The molecule has 0 saturated carbocycles. The van der Waals surface area contributed by atoms with E-state index in [4.69, 9.17) is 11.1 Å². The van der Waals surface area contributed by atoms with Gasteiger partial charge in [-0.15, -0.1) is 0 Å². The van der Waals surface area contributed by atoms with Crippen LogP contribution in [-0.2, 0) is 0 Å². The maximum Gasteiger partial charge on any atom is 0.123 e. The van der Waals surface area contributed by atoms with E-state index in [2.05, 4.69) is 35.9 Å². The van der Waals surface area contributed by atoms with Gasteiger partial charge in [-0.3, -0.25) is 5.41 Å². The first-order valence-corrected chi connectivity index (χ1v) is 6.89. The number of nitrogens with two attached hydrogens (primary N) is 1. The molecule has 3 N–H and O–H groups in total. The number of hydrogen-bond donors (Lipinski definition) is 2. The van der Waals surface area contributed by atoms with Gasteiger partial charge >= 0.3 is 0 Å². The second-order valence-corrected chi connectivity index (χ2v) is 5.57. The monoisotopic (exact) mass is 260 g/mol. The fraction of sp³-hybridized carbons (Fsp3) is 0.533. The van der Waals surface area contributed by atoms with Crippen LogP contribution in [-0.4, -0.2) is 43.5 Å². The van der Waals surface area contributed by atoms with Gasteiger partial charge in [-0.05, 0) is 57.6 Å². The average Bonchev–Trinajstić information content (AvgIpc) is 2.49. The van der Waals surface area contributed by atoms with Crippen LogP contribution in [0.25, 0.3) is 0 Å². The summed E-state index contributed by atoms with van der Waals surface area (Å²) in [4.78, 5) is 4.85. The third-order valence-electron chi connectivity index (χ3n) is 3.88. The largest absolute Gasteiger partial charge is 0.384 e. The third-order valence-corrected chi connectivity index (χ3v) is 3.88. The average molecular weight is 260 g/mol. The molecule has 1 aromatic carbocycles. The van der Waals surface area contributed by atoms with Crippen molar-refractivity contribution in [1.29, 1.82) is 5.41 Å². The lowest BCUT2D eigenvalue weighted by atomic mass is 10.1. The van der Waals surface area contributed by atoms with Gasteiger partial charge < -0.3 is 15.5 Å². The van der Waals surface area contributed by atoms with Crippen molar-refractivity contribution in [2.75, 3.05) is 31.6 Å². The fourth-order valence-corrected chi connectivity index (χ4v) is 2.88. The maximum atomic E-state index is 7.55. The molecular formula is C15H24N4. The summed E-state index contributed by atoms with van der Waals surface area (Å²) in [6.45, 7) is 7.63. The number of nitrogens with zero attached hydrogens (tertiary/aromatic N) is 2. The Balaban J connectivity index is 2.25. The number of aryl methyl sites for hydroxylation is 1. The molecule has 1 aliphatic rings. The molecule has 1 unspecified atom stereocenters. The predicted molar refractivity (Wildman–Crippen MR) is 81.1 cm³/mol. The molecule has 1 atom stereocenters. The molecule has 1 saturated heterocycles. The first-order chi connectivity index (χ1) is 8.99. The standard InChI is InChI=1S/C15H24N4/c1-11-9-13(5-6-14(11)15(16)17)19-8-4-7-18(3)10-12(19)2/h5-6,9,12H,4,7-8,10H2,1-3H3,(H3,16,17). The van der Waals surface area contributed by atoms with Crippen LogP contribution < -0.4 is 10.6 Å². The maximum absolute atomic E-state index is 7.55. The smallest absolute Gasteiger partial charge is 0.123 e. The van der Waals surface area contributed by atoms with Crippen molar-refractivity contribution in [3.05, 3.63) is 29.3 Å². The van der Waals surface area contributed by atoms with Gasteiger partial charge in [0.2, 0.25) is 0 Å². The van der Waals surface area contributed by atoms with Gasteiger partial charge in [0.25, 0.3) is 0 Å². The van der Waals surface area contributed by atoms with Crippen molar-refractivity contribution in [3.63, 3.8) is 0 Å². The number of nitrogen functional groups attached to an aromatic ring is 1. The highest BCUT2D eigenvalue weighted by Gasteiger charge is 2.20. The SMILES string of the molecule is Cc1cc(N2CCCN(C)CC2C)ccc1C(=N)N. The summed E-state index contributed by atoms with van der Waals surface area (Å²) in [5.74, 6) is 0.146. The van der Waals surface area contributed by atoms with Gasteiger partial charge in [-0.1, -0.05) is 0 Å². The van der Waals surface area contributed by atoms with E-state index in [1.165, 1.54) is 12.1 Å². The van der Waals surface area contributed by atoms with Gasteiger partial charge in [0.15, 0.2) is 0 Å². The van der Waals surface area contributed by atoms with E-state index >= 15 is 0 Å². The van der Waals surface area contributed by atoms with E-state index < -0.39 is 0 Å². The molecule has 4 heteroatoms. The molecule has 0 aliphatic carbocycles. The Morgan fingerprint density at radius 1 is 1.37 bits per heavy atom. The van der Waals surface area contributed by atoms with Gasteiger partial charge in [-0.25, -0.2) is 0 Å². The molecule has 19 heavy (non-hydrogen) atoms. The van der Waals surface area contributed by atoms with Crippen LogP contribution >= 0.6 is 0 Å². The first kappa shape index (κ1) is 13.9. The lowest BCUT2D eigenvalue weighted by Crippen LogP contribution is -2.38. The molecule has 0 spiro atoms. The highest BCUT2D eigenvalue weighted by Crippen LogP contribution is 2.23. The Hall–Kier alpha value is -1.55. The van der Waals surface area contributed by atoms with Gasteiger partial charge in [-0.2, -0.15) is 0 Å². The molecule has 0 radical (unpaired) electrons. The minimum atomic E-state index is 0.146. The summed E-state index contributed by atoms with van der Waals surface area (Å²) in [7, 11) is 2.18. The quantitative estimate of drug-likeness (QED) is 0.630. The molecule has 2 rings (SSSR count). The van der Waals surface area contributed by atoms with Crippen molar-refractivity contribution in [2.45, 2.75) is 26.3 Å². The molecule has 1 aliphatic heterocycles. The lowest BCUT2D eigenvalue weighted by Gasteiger charge is -2.30. The summed E-state index contributed by atoms with van der Waals surface area (Å²) in [6, 6.07) is 6.72. The fourth-order valence-electron chi connectivity index (χ4n) is 2.88. The van der Waals surface area contributed by atoms with Crippen molar-refractivity contribution in [1.82, 2.24) is 4.90 Å². The van der Waals surface area contributed by atoms with Gasteiger partial charge in [0, 0.05) is 30.4 Å². The minimum absolute atomic E-state index is 0.146. The number of rotatable bonds is 2. The molecule has 1 aromatic rings. The zero-order valence-electron chi connectivity index (χ0n) is 12.1. The Morgan fingerprint density at radius 3 is 2.74 bits per heavy atom. The Kier molecular flexibility index (Phi) is 4.10. The van der Waals surface area contributed by atoms with E-state index in [1.54, 1.807) is 0 Å². The molecule has 0 aromatic heterocycles. The van der Waals surface area contributed by atoms with Crippen molar-refractivity contribution in [2.24, 2.45) is 5.73 Å². The van der Waals surface area contributed by atoms with Gasteiger partial charge in [0.1, 0.15) is 5.84 Å². The highest BCUT2D eigenvalue weighted by molar-refractivity contribution is 5.96. The number of benzene rings is 1. The molecule has 104 valence electrons. The van der Waals surface area contributed by atoms with Crippen LogP contribution in [0.5, 0.6) is 0 Å². The van der Waals surface area contributed by atoms with Gasteiger partial charge in [0.05, 0.1) is 0 Å². The Bertz CT molecular complexity index is 469. The minimum Gasteiger partial charge on any atom is -0.384 e. The third kappa shape index (κ3) is 3.07. The molecule has 0 bridgehead atoms. The summed E-state index contributed by atoms with van der Waals surface area (Å²) >= 11 is 0. The molecule has 0 amide bonds. The Labute approximate surface area is 115 Å². The first-order valence-electron chi connectivity index (χ1n) is 6.89. The summed E-state index contributed by atoms with van der Waals surface area (Å²) < 4.78 is 0. The van der Waals surface area contributed by atoms with E-state index in [0.29, 0.717) is 6.04 Å². The van der Waals surface area contributed by atoms with Crippen LogP contribution in [0.15, 0.2) is 18.2 Å². The lowest BCUT2D eigenvalue weighted by molar-refractivity contribution is 0.337. The normalized spacial score (nSPS) is 21.2. The Morgan fingerprint density at radius 2 is 2.11 bits per heavy atom. The van der Waals surface area contributed by atoms with E-state index in [9.17, 15) is 0 Å². The van der Waals surface area contributed by atoms with E-state index in [-0.39, 0.29) is 5.84 Å². The second kappa shape index (κ2) is 5.61. The number of likely N-dealkylation sites (N-methyl/N-ethyl adjacent to an activating group) is 1. The van der Waals surface area contributed by atoms with Crippen molar-refractivity contribution < 1.29 is 0 Å². The number of nitrogens with one attached hydrogen (secondary N) is 1. The summed E-state index contributed by atoms with van der Waals surface area (Å²) in [5, 5.41) is 7.55. The zero-order chi connectivity index (χ0) is 14.0. The van der Waals surface area contributed by atoms with Crippen LogP contribution in [0.2, 0.25) is 0 Å². The van der Waals surface area contributed by atoms with Crippen LogP contribution in [0.1, 0.15) is 24.5 Å². The summed E-state index contributed by atoms with van der Waals surface area (Å²) in [6.07, 6.45) is 1.19. The number of amidine groups is 1. The highest BCUT2D eigenvalue weighted by atomic mass is 15.2. The van der Waals surface area contributed by atoms with Crippen molar-refractivity contribution >= 4 is 11.5 Å².